The van der Waals surface area contributed by atoms with Crippen LogP contribution in [-0.2, 0) is 4.74 Å². The van der Waals surface area contributed by atoms with Crippen LogP contribution in [0.1, 0.15) is 19.3 Å². The van der Waals surface area contributed by atoms with Gasteiger partial charge in [0.2, 0.25) is 0 Å². The van der Waals surface area contributed by atoms with E-state index < -0.39 is 10.4 Å². The second kappa shape index (κ2) is 3.55. The molecule has 1 N–H and O–H groups in total. The van der Waals surface area contributed by atoms with E-state index in [1.165, 1.54) is 0 Å². The van der Waals surface area contributed by atoms with Crippen molar-refractivity contribution in [1.29, 1.82) is 0 Å². The molecule has 1 unspecified atom stereocenters. The van der Waals surface area contributed by atoms with Gasteiger partial charge in [0.15, 0.2) is 0 Å². The number of hydrogen-bond donors (Lipinski definition) is 1. The normalized spacial score (nSPS) is 33.0. The van der Waals surface area contributed by atoms with Gasteiger partial charge in [-0.2, -0.15) is 8.78 Å². The van der Waals surface area contributed by atoms with Gasteiger partial charge in [-0.15, -0.1) is 0 Å². The fourth-order valence-electron chi connectivity index (χ4n) is 1.22. The molecule has 72 valence electrons. The first-order valence-electron chi connectivity index (χ1n) is 3.83. The third-order valence-corrected chi connectivity index (χ3v) is 2.80. The van der Waals surface area contributed by atoms with Crippen molar-refractivity contribution in [2.24, 2.45) is 0 Å². The van der Waals surface area contributed by atoms with Gasteiger partial charge >= 0.3 is 4.83 Å². The number of ether oxygens (including phenoxy) is 1. The molecule has 5 heteroatoms. The predicted molar refractivity (Wildman–Crippen MR) is 43.5 cm³/mol. The summed E-state index contributed by atoms with van der Waals surface area (Å²) >= 11 is 2.19. The molecule has 1 aliphatic rings. The lowest BCUT2D eigenvalue weighted by Gasteiger charge is -2.30. The maximum absolute atomic E-state index is 12.8. The van der Waals surface area contributed by atoms with Gasteiger partial charge in [0.05, 0.1) is 0 Å². The standard InChI is InChI=1S/C7H11BrF2O2/c8-7(9,10)6(11)2-1-4-12-5-3-6/h11H,1-5H2. The minimum Gasteiger partial charge on any atom is -0.383 e. The molecule has 0 aromatic rings. The van der Waals surface area contributed by atoms with Crippen LogP contribution in [0, 0.1) is 0 Å². The van der Waals surface area contributed by atoms with Crippen LogP contribution in [0.3, 0.4) is 0 Å². The summed E-state index contributed by atoms with van der Waals surface area (Å²) in [6, 6.07) is 0. The second-order valence-electron chi connectivity index (χ2n) is 3.00. The van der Waals surface area contributed by atoms with Gasteiger partial charge in [-0.1, -0.05) is 0 Å². The Morgan fingerprint density at radius 3 is 2.58 bits per heavy atom. The van der Waals surface area contributed by atoms with Crippen LogP contribution < -0.4 is 0 Å². The topological polar surface area (TPSA) is 29.5 Å². The fourth-order valence-corrected chi connectivity index (χ4v) is 1.61. The summed E-state index contributed by atoms with van der Waals surface area (Å²) in [7, 11) is 0. The molecule has 12 heavy (non-hydrogen) atoms. The summed E-state index contributed by atoms with van der Waals surface area (Å²) in [5.74, 6) is 0. The zero-order chi connectivity index (χ0) is 9.24. The van der Waals surface area contributed by atoms with E-state index in [0.29, 0.717) is 13.0 Å². The van der Waals surface area contributed by atoms with E-state index in [9.17, 15) is 13.9 Å². The molecule has 0 aromatic carbocycles. The molecule has 1 saturated heterocycles. The molecule has 1 atom stereocenters. The highest BCUT2D eigenvalue weighted by Gasteiger charge is 2.50. The van der Waals surface area contributed by atoms with Crippen LogP contribution in [-0.4, -0.2) is 28.8 Å². The summed E-state index contributed by atoms with van der Waals surface area (Å²) in [5, 5.41) is 9.51. The summed E-state index contributed by atoms with van der Waals surface area (Å²) in [6.45, 7) is 0.642. The van der Waals surface area contributed by atoms with Crippen molar-refractivity contribution in [2.75, 3.05) is 13.2 Å². The summed E-state index contributed by atoms with van der Waals surface area (Å²) in [4.78, 5) is -3.21. The molecule has 0 amide bonds. The Hall–Kier alpha value is 0.260. The first kappa shape index (κ1) is 10.3. The van der Waals surface area contributed by atoms with Crippen LogP contribution in [0.4, 0.5) is 8.78 Å². The lowest BCUT2D eigenvalue weighted by Crippen LogP contribution is -2.44. The van der Waals surface area contributed by atoms with Crippen molar-refractivity contribution in [3.05, 3.63) is 0 Å². The molecule has 2 nitrogen and oxygen atoms in total. The van der Waals surface area contributed by atoms with E-state index in [2.05, 4.69) is 15.9 Å². The van der Waals surface area contributed by atoms with Crippen molar-refractivity contribution < 1.29 is 18.6 Å². The molecule has 1 rings (SSSR count). The molecule has 0 aromatic heterocycles. The Labute approximate surface area is 78.0 Å². The molecular weight excluding hydrogens is 234 g/mol. The Kier molecular flexibility index (Phi) is 3.06. The quantitative estimate of drug-likeness (QED) is 0.715. The van der Waals surface area contributed by atoms with Gasteiger partial charge in [-0.05, 0) is 28.8 Å². The van der Waals surface area contributed by atoms with Crippen LogP contribution in [0.2, 0.25) is 0 Å². The largest absolute Gasteiger partial charge is 0.383 e. The molecule has 1 aliphatic heterocycles. The number of hydrogen-bond acceptors (Lipinski definition) is 2. The second-order valence-corrected chi connectivity index (χ2v) is 3.99. The Bertz CT molecular complexity index is 150. The van der Waals surface area contributed by atoms with Crippen LogP contribution in [0.5, 0.6) is 0 Å². The first-order chi connectivity index (χ1) is 5.46. The summed E-state index contributed by atoms with van der Waals surface area (Å²) < 4.78 is 30.5. The highest BCUT2D eigenvalue weighted by Crippen LogP contribution is 2.41. The zero-order valence-corrected chi connectivity index (χ0v) is 8.11. The van der Waals surface area contributed by atoms with E-state index >= 15 is 0 Å². The number of halogens is 3. The minimum atomic E-state index is -3.21. The highest BCUT2D eigenvalue weighted by atomic mass is 79.9. The third kappa shape index (κ3) is 2.14. The van der Waals surface area contributed by atoms with Gasteiger partial charge in [-0.25, -0.2) is 0 Å². The molecule has 0 spiro atoms. The Morgan fingerprint density at radius 1 is 1.33 bits per heavy atom. The average molecular weight is 245 g/mol. The average Bonchev–Trinajstić information content (AvgIpc) is 2.12. The molecule has 1 fully saturated rings. The molecular formula is C7H11BrF2O2. The maximum atomic E-state index is 12.8. The maximum Gasteiger partial charge on any atom is 0.329 e. The van der Waals surface area contributed by atoms with Crippen molar-refractivity contribution in [3.63, 3.8) is 0 Å². The van der Waals surface area contributed by atoms with Crippen LogP contribution >= 0.6 is 15.9 Å². The number of alkyl halides is 3. The van der Waals surface area contributed by atoms with E-state index in [-0.39, 0.29) is 19.4 Å². The minimum absolute atomic E-state index is 0.0226. The van der Waals surface area contributed by atoms with Gasteiger partial charge in [-0.3, -0.25) is 0 Å². The Morgan fingerprint density at radius 2 is 2.00 bits per heavy atom. The van der Waals surface area contributed by atoms with Crippen molar-refractivity contribution in [2.45, 2.75) is 29.7 Å². The number of rotatable bonds is 1. The molecule has 0 bridgehead atoms. The van der Waals surface area contributed by atoms with E-state index in [1.807, 2.05) is 0 Å². The van der Waals surface area contributed by atoms with Gasteiger partial charge < -0.3 is 9.84 Å². The number of aliphatic hydroxyl groups is 1. The van der Waals surface area contributed by atoms with E-state index in [4.69, 9.17) is 4.74 Å². The molecule has 0 saturated carbocycles. The van der Waals surface area contributed by atoms with Crippen LogP contribution in [0.15, 0.2) is 0 Å². The van der Waals surface area contributed by atoms with Crippen molar-refractivity contribution >= 4 is 15.9 Å². The highest BCUT2D eigenvalue weighted by molar-refractivity contribution is 9.10. The lowest BCUT2D eigenvalue weighted by molar-refractivity contribution is -0.124. The van der Waals surface area contributed by atoms with Crippen molar-refractivity contribution in [3.8, 4) is 0 Å². The fraction of sp³-hybridized carbons (Fsp3) is 1.00. The predicted octanol–water partition coefficient (Wildman–Crippen LogP) is 1.91. The monoisotopic (exact) mass is 244 g/mol. The van der Waals surface area contributed by atoms with E-state index in [1.54, 1.807) is 0 Å². The van der Waals surface area contributed by atoms with Gasteiger partial charge in [0.1, 0.15) is 5.60 Å². The SMILES string of the molecule is OC1(C(F)(F)Br)CCCOCC1. The smallest absolute Gasteiger partial charge is 0.329 e. The van der Waals surface area contributed by atoms with Gasteiger partial charge in [0.25, 0.3) is 0 Å². The summed E-state index contributed by atoms with van der Waals surface area (Å²) in [6.07, 6.45) is 0.522. The van der Waals surface area contributed by atoms with E-state index in [0.717, 1.165) is 0 Å². The summed E-state index contributed by atoms with van der Waals surface area (Å²) in [5.41, 5.74) is -1.94. The third-order valence-electron chi connectivity index (χ3n) is 2.07. The van der Waals surface area contributed by atoms with Crippen molar-refractivity contribution in [1.82, 2.24) is 0 Å². The van der Waals surface area contributed by atoms with Crippen LogP contribution in [0.25, 0.3) is 0 Å². The first-order valence-corrected chi connectivity index (χ1v) is 4.62. The molecule has 0 aliphatic carbocycles. The lowest BCUT2D eigenvalue weighted by atomic mass is 9.96. The van der Waals surface area contributed by atoms with Gasteiger partial charge in [0, 0.05) is 19.6 Å². The Balaban J connectivity index is 2.67. The molecule has 1 heterocycles. The zero-order valence-electron chi connectivity index (χ0n) is 6.52. The molecule has 0 radical (unpaired) electrons.